The van der Waals surface area contributed by atoms with E-state index in [0.29, 0.717) is 36.6 Å². The number of sulfonamides is 1. The quantitative estimate of drug-likeness (QED) is 0.702. The third-order valence-corrected chi connectivity index (χ3v) is 6.72. The molecule has 0 amide bonds. The molecule has 2 heterocycles. The molecule has 29 heavy (non-hydrogen) atoms. The van der Waals surface area contributed by atoms with Gasteiger partial charge in [0.1, 0.15) is 17.0 Å². The molecule has 3 rings (SSSR count). The van der Waals surface area contributed by atoms with E-state index in [1.165, 1.54) is 13.1 Å². The Labute approximate surface area is 169 Å². The highest BCUT2D eigenvalue weighted by Crippen LogP contribution is 2.39. The second-order valence-corrected chi connectivity index (χ2v) is 9.55. The van der Waals surface area contributed by atoms with E-state index in [-0.39, 0.29) is 17.7 Å². The van der Waals surface area contributed by atoms with E-state index in [0.717, 1.165) is 0 Å². The predicted molar refractivity (Wildman–Crippen MR) is 104 cm³/mol. The molecule has 0 bridgehead atoms. The van der Waals surface area contributed by atoms with Gasteiger partial charge in [0.05, 0.1) is 0 Å². The molecule has 160 valence electrons. The maximum absolute atomic E-state index is 13.8. The molecule has 11 heteroatoms. The molecule has 0 spiro atoms. The first kappa shape index (κ1) is 21.6. The third kappa shape index (κ3) is 5.47. The second-order valence-electron chi connectivity index (χ2n) is 7.90. The minimum Gasteiger partial charge on any atom is -0.370 e. The smallest absolute Gasteiger partial charge is 0.249 e. The van der Waals surface area contributed by atoms with E-state index >= 15 is 0 Å². The van der Waals surface area contributed by atoms with Gasteiger partial charge in [-0.1, -0.05) is 0 Å². The van der Waals surface area contributed by atoms with Crippen LogP contribution < -0.4 is 10.0 Å². The number of hydrogen-bond acceptors (Lipinski definition) is 6. The largest absolute Gasteiger partial charge is 0.370 e. The van der Waals surface area contributed by atoms with Gasteiger partial charge in [0.25, 0.3) is 0 Å². The maximum Gasteiger partial charge on any atom is 0.249 e. The first-order chi connectivity index (χ1) is 13.5. The lowest BCUT2D eigenvalue weighted by Crippen LogP contribution is -2.51. The molecule has 1 atom stereocenters. The molecule has 1 saturated carbocycles. The van der Waals surface area contributed by atoms with Gasteiger partial charge in [-0.05, 0) is 38.3 Å². The van der Waals surface area contributed by atoms with Crippen molar-refractivity contribution < 1.29 is 17.2 Å². The minimum atomic E-state index is -3.97. The van der Waals surface area contributed by atoms with Crippen LogP contribution in [-0.2, 0) is 23.5 Å². The van der Waals surface area contributed by atoms with Crippen molar-refractivity contribution >= 4 is 15.8 Å². The first-order valence-electron chi connectivity index (χ1n) is 9.45. The van der Waals surface area contributed by atoms with E-state index in [1.807, 2.05) is 0 Å². The lowest BCUT2D eigenvalue weighted by Gasteiger charge is -2.38. The van der Waals surface area contributed by atoms with E-state index < -0.39 is 27.9 Å². The van der Waals surface area contributed by atoms with Crippen LogP contribution in [0.25, 0.3) is 0 Å². The molecule has 1 unspecified atom stereocenters. The van der Waals surface area contributed by atoms with Crippen molar-refractivity contribution in [1.82, 2.24) is 24.5 Å². The third-order valence-electron chi connectivity index (χ3n) is 4.95. The van der Waals surface area contributed by atoms with Gasteiger partial charge >= 0.3 is 0 Å². The summed E-state index contributed by atoms with van der Waals surface area (Å²) in [5.74, 6) is -1.65. The Morgan fingerprint density at radius 3 is 2.66 bits per heavy atom. The Morgan fingerprint density at radius 1 is 1.28 bits per heavy atom. The molecule has 8 nitrogen and oxygen atoms in total. The van der Waals surface area contributed by atoms with Crippen molar-refractivity contribution in [3.05, 3.63) is 30.0 Å². The average Bonchev–Trinajstić information content (AvgIpc) is 2.97. The van der Waals surface area contributed by atoms with Gasteiger partial charge in [0.2, 0.25) is 15.9 Å². The van der Waals surface area contributed by atoms with Crippen LogP contribution in [-0.4, -0.2) is 46.2 Å². The summed E-state index contributed by atoms with van der Waals surface area (Å²) in [6, 6.07) is 1.62. The van der Waals surface area contributed by atoms with E-state index in [2.05, 4.69) is 25.1 Å². The Kier molecular flexibility index (Phi) is 5.91. The number of pyridine rings is 1. The summed E-state index contributed by atoms with van der Waals surface area (Å²) in [7, 11) is -2.18. The maximum atomic E-state index is 13.8. The lowest BCUT2D eigenvalue weighted by molar-refractivity contribution is -0.0588. The summed E-state index contributed by atoms with van der Waals surface area (Å²) in [5.41, 5.74) is -0.697. The van der Waals surface area contributed by atoms with Gasteiger partial charge in [0, 0.05) is 44.6 Å². The number of nitrogens with zero attached hydrogens (tertiary/aromatic N) is 4. The van der Waals surface area contributed by atoms with Gasteiger partial charge in [-0.25, -0.2) is 31.9 Å². The summed E-state index contributed by atoms with van der Waals surface area (Å²) in [5, 5.41) is 7.29. The van der Waals surface area contributed by atoms with Gasteiger partial charge in [-0.2, -0.15) is 5.10 Å². The van der Waals surface area contributed by atoms with E-state index in [4.69, 9.17) is 0 Å². The van der Waals surface area contributed by atoms with Gasteiger partial charge in [-0.3, -0.25) is 4.68 Å². The van der Waals surface area contributed by atoms with Crippen molar-refractivity contribution in [1.29, 1.82) is 0 Å². The number of hydrogen-bond donors (Lipinski definition) is 2. The van der Waals surface area contributed by atoms with Crippen LogP contribution in [0.2, 0.25) is 0 Å². The Hall–Kier alpha value is -2.14. The number of rotatable bonds is 7. The van der Waals surface area contributed by atoms with Crippen LogP contribution >= 0.6 is 0 Å². The zero-order valence-electron chi connectivity index (χ0n) is 16.7. The molecule has 2 aromatic heterocycles. The Bertz CT molecular complexity index is 978. The molecule has 1 aliphatic rings. The highest BCUT2D eigenvalue weighted by molar-refractivity contribution is 7.89. The highest BCUT2D eigenvalue weighted by atomic mass is 32.2. The molecule has 1 fully saturated rings. The molecular weight excluding hydrogens is 402 g/mol. The summed E-state index contributed by atoms with van der Waals surface area (Å²) >= 11 is 0. The van der Waals surface area contributed by atoms with Gasteiger partial charge in [-0.15, -0.1) is 0 Å². The minimum absolute atomic E-state index is 0.00967. The summed E-state index contributed by atoms with van der Waals surface area (Å²) < 4.78 is 57.3. The molecule has 0 saturated heterocycles. The number of halogens is 2. The molecular formula is C18H26F2N6O2S. The summed E-state index contributed by atoms with van der Waals surface area (Å²) in [6.45, 7) is 3.72. The monoisotopic (exact) mass is 428 g/mol. The number of aryl methyl sites for hydroxylation is 2. The fraction of sp³-hybridized carbons (Fsp3) is 0.611. The zero-order chi connectivity index (χ0) is 21.3. The van der Waals surface area contributed by atoms with Crippen LogP contribution in [0.3, 0.4) is 0 Å². The average molecular weight is 429 g/mol. The Morgan fingerprint density at radius 2 is 2.03 bits per heavy atom. The number of aromatic nitrogens is 4. The summed E-state index contributed by atoms with van der Waals surface area (Å²) in [4.78, 5) is 8.29. The molecule has 1 aliphatic carbocycles. The van der Waals surface area contributed by atoms with Crippen LogP contribution in [0.1, 0.15) is 44.0 Å². The van der Waals surface area contributed by atoms with Crippen molar-refractivity contribution in [2.24, 2.45) is 7.05 Å². The number of anilines is 1. The number of alkyl halides is 2. The van der Waals surface area contributed by atoms with Gasteiger partial charge in [0.15, 0.2) is 5.82 Å². The number of nitrogens with one attached hydrogen (secondary N) is 2. The molecule has 0 radical (unpaired) electrons. The first-order valence-corrected chi connectivity index (χ1v) is 10.9. The summed E-state index contributed by atoms with van der Waals surface area (Å²) in [6.07, 6.45) is 3.39. The zero-order valence-corrected chi connectivity index (χ0v) is 17.6. The predicted octanol–water partition coefficient (Wildman–Crippen LogP) is 2.42. The topological polar surface area (TPSA) is 102 Å². The van der Waals surface area contributed by atoms with Crippen LogP contribution in [0.15, 0.2) is 23.5 Å². The standard InChI is InChI=1S/C18H26F2N6O2S/c1-13-9-16(21-8-5-15-23-12-26(3)24-15)22-10-14(13)29(27,28)25-17(2)6-4-7-18(19,20)11-17/h9-10,12,25H,4-8,11H2,1-3H3,(H,21,22). The molecule has 2 aromatic rings. The molecule has 2 N–H and O–H groups in total. The second kappa shape index (κ2) is 7.94. The molecule has 0 aromatic carbocycles. The molecule has 0 aliphatic heterocycles. The lowest BCUT2D eigenvalue weighted by atomic mass is 9.82. The van der Waals surface area contributed by atoms with Gasteiger partial charge < -0.3 is 5.32 Å². The van der Waals surface area contributed by atoms with Crippen LogP contribution in [0, 0.1) is 6.92 Å². The SMILES string of the molecule is Cc1cc(NCCc2ncn(C)n2)ncc1S(=O)(=O)NC1(C)CCCC(F)(F)C1. The fourth-order valence-electron chi connectivity index (χ4n) is 3.67. The van der Waals surface area contributed by atoms with Crippen molar-refractivity contribution in [3.8, 4) is 0 Å². The Balaban J connectivity index is 1.66. The fourth-order valence-corrected chi connectivity index (χ4v) is 5.28. The van der Waals surface area contributed by atoms with Crippen molar-refractivity contribution in [2.75, 3.05) is 11.9 Å². The normalized spacial score (nSPS) is 21.8. The van der Waals surface area contributed by atoms with Crippen molar-refractivity contribution in [3.63, 3.8) is 0 Å². The van der Waals surface area contributed by atoms with Crippen LogP contribution in [0.4, 0.5) is 14.6 Å². The highest BCUT2D eigenvalue weighted by Gasteiger charge is 2.45. The van der Waals surface area contributed by atoms with Crippen LogP contribution in [0.5, 0.6) is 0 Å². The van der Waals surface area contributed by atoms with E-state index in [1.54, 1.807) is 31.0 Å². The van der Waals surface area contributed by atoms with Crippen molar-refractivity contribution in [2.45, 2.75) is 62.3 Å². The van der Waals surface area contributed by atoms with E-state index in [9.17, 15) is 17.2 Å².